The zero-order valence-corrected chi connectivity index (χ0v) is 16.8. The molecule has 1 spiro atoms. The standard InChI is InChI=1S/C20H28N6O3/c27-19(25-12-8-20(9-13-25)28-14-15-29-20)7-6-17-22-21-16-4-5-18(23-26(16)17)24-10-2-1-3-11-24/h4-5H,1-3,6-15H2. The molecule has 156 valence electrons. The SMILES string of the molecule is O=C(CCc1nnc2ccc(N3CCCCC3)nn12)N1CCC2(CC1)OCCO2. The number of ether oxygens (including phenoxy) is 2. The molecule has 0 N–H and O–H groups in total. The lowest BCUT2D eigenvalue weighted by atomic mass is 10.0. The number of aromatic nitrogens is 4. The molecule has 0 atom stereocenters. The lowest BCUT2D eigenvalue weighted by Gasteiger charge is -2.37. The zero-order chi connectivity index (χ0) is 19.7. The number of rotatable bonds is 4. The summed E-state index contributed by atoms with van der Waals surface area (Å²) in [6, 6.07) is 3.97. The molecule has 3 fully saturated rings. The number of amides is 1. The number of likely N-dealkylation sites (tertiary alicyclic amines) is 1. The minimum absolute atomic E-state index is 0.141. The summed E-state index contributed by atoms with van der Waals surface area (Å²) in [6.07, 6.45) is 6.12. The molecule has 3 saturated heterocycles. The van der Waals surface area contributed by atoms with Crippen LogP contribution in [0.1, 0.15) is 44.3 Å². The summed E-state index contributed by atoms with van der Waals surface area (Å²) in [5.41, 5.74) is 0.726. The van der Waals surface area contributed by atoms with Crippen LogP contribution < -0.4 is 4.90 Å². The molecule has 0 aliphatic carbocycles. The molecule has 1 amide bonds. The summed E-state index contributed by atoms with van der Waals surface area (Å²) < 4.78 is 13.3. The number of aryl methyl sites for hydroxylation is 1. The third-order valence-electron chi connectivity index (χ3n) is 6.25. The maximum Gasteiger partial charge on any atom is 0.223 e. The van der Waals surface area contributed by atoms with E-state index in [2.05, 4.69) is 15.1 Å². The van der Waals surface area contributed by atoms with Crippen molar-refractivity contribution in [3.63, 3.8) is 0 Å². The summed E-state index contributed by atoms with van der Waals surface area (Å²) in [7, 11) is 0. The van der Waals surface area contributed by atoms with Crippen molar-refractivity contribution >= 4 is 17.4 Å². The van der Waals surface area contributed by atoms with E-state index in [4.69, 9.17) is 14.6 Å². The van der Waals surface area contributed by atoms with Gasteiger partial charge in [-0.2, -0.15) is 4.52 Å². The van der Waals surface area contributed by atoms with Crippen molar-refractivity contribution in [2.24, 2.45) is 0 Å². The fourth-order valence-electron chi connectivity index (χ4n) is 4.53. The summed E-state index contributed by atoms with van der Waals surface area (Å²) in [5, 5.41) is 13.3. The highest BCUT2D eigenvalue weighted by Gasteiger charge is 2.40. The predicted octanol–water partition coefficient (Wildman–Crippen LogP) is 1.41. The van der Waals surface area contributed by atoms with E-state index >= 15 is 0 Å². The van der Waals surface area contributed by atoms with E-state index in [-0.39, 0.29) is 5.91 Å². The van der Waals surface area contributed by atoms with Gasteiger partial charge in [-0.25, -0.2) is 0 Å². The molecular formula is C20H28N6O3. The van der Waals surface area contributed by atoms with E-state index < -0.39 is 5.79 Å². The predicted molar refractivity (Wildman–Crippen MR) is 106 cm³/mol. The van der Waals surface area contributed by atoms with Gasteiger partial charge in [0.25, 0.3) is 0 Å². The van der Waals surface area contributed by atoms with Gasteiger partial charge in [-0.05, 0) is 31.4 Å². The van der Waals surface area contributed by atoms with Crippen molar-refractivity contribution in [1.29, 1.82) is 0 Å². The Morgan fingerprint density at radius 3 is 2.52 bits per heavy atom. The molecule has 5 heterocycles. The van der Waals surface area contributed by atoms with Crippen LogP contribution in [0.2, 0.25) is 0 Å². The third kappa shape index (κ3) is 3.81. The highest BCUT2D eigenvalue weighted by atomic mass is 16.7. The molecule has 9 nitrogen and oxygen atoms in total. The lowest BCUT2D eigenvalue weighted by Crippen LogP contribution is -2.47. The highest BCUT2D eigenvalue weighted by Crippen LogP contribution is 2.31. The van der Waals surface area contributed by atoms with Gasteiger partial charge in [0.2, 0.25) is 5.91 Å². The Hall–Kier alpha value is -2.26. The number of hydrogen-bond donors (Lipinski definition) is 0. The van der Waals surface area contributed by atoms with Crippen LogP contribution in [0.25, 0.3) is 5.65 Å². The Bertz CT molecular complexity index is 862. The fourth-order valence-corrected chi connectivity index (χ4v) is 4.53. The molecular weight excluding hydrogens is 372 g/mol. The number of carbonyl (C=O) groups excluding carboxylic acids is 1. The van der Waals surface area contributed by atoms with Crippen LogP contribution in [0, 0.1) is 0 Å². The molecule has 0 bridgehead atoms. The van der Waals surface area contributed by atoms with Crippen molar-refractivity contribution < 1.29 is 14.3 Å². The first-order chi connectivity index (χ1) is 14.2. The summed E-state index contributed by atoms with van der Waals surface area (Å²) >= 11 is 0. The van der Waals surface area contributed by atoms with Gasteiger partial charge in [-0.15, -0.1) is 15.3 Å². The lowest BCUT2D eigenvalue weighted by molar-refractivity contribution is -0.187. The molecule has 0 unspecified atom stereocenters. The first kappa shape index (κ1) is 18.7. The Balaban J connectivity index is 1.22. The molecule has 2 aromatic heterocycles. The minimum Gasteiger partial charge on any atom is -0.355 e. The number of piperidine rings is 2. The van der Waals surface area contributed by atoms with Gasteiger partial charge in [0.15, 0.2) is 17.3 Å². The van der Waals surface area contributed by atoms with E-state index in [1.54, 1.807) is 4.52 Å². The number of carbonyl (C=O) groups is 1. The van der Waals surface area contributed by atoms with Crippen molar-refractivity contribution in [2.75, 3.05) is 44.3 Å². The number of fused-ring (bicyclic) bond motifs is 1. The zero-order valence-electron chi connectivity index (χ0n) is 16.8. The molecule has 3 aliphatic rings. The van der Waals surface area contributed by atoms with Gasteiger partial charge < -0.3 is 19.3 Å². The Labute approximate surface area is 170 Å². The molecule has 0 radical (unpaired) electrons. The fraction of sp³-hybridized carbons (Fsp3) is 0.700. The second-order valence-electron chi connectivity index (χ2n) is 8.11. The maximum atomic E-state index is 12.7. The van der Waals surface area contributed by atoms with Gasteiger partial charge in [-0.3, -0.25) is 4.79 Å². The van der Waals surface area contributed by atoms with Crippen molar-refractivity contribution in [3.8, 4) is 0 Å². The van der Waals surface area contributed by atoms with E-state index in [9.17, 15) is 4.79 Å². The molecule has 5 rings (SSSR count). The van der Waals surface area contributed by atoms with E-state index in [1.807, 2.05) is 17.0 Å². The average Bonchev–Trinajstić information content (AvgIpc) is 3.40. The molecule has 0 aromatic carbocycles. The van der Waals surface area contributed by atoms with Crippen LogP contribution in [0.3, 0.4) is 0 Å². The molecule has 0 saturated carbocycles. The molecule has 2 aromatic rings. The first-order valence-corrected chi connectivity index (χ1v) is 10.7. The van der Waals surface area contributed by atoms with Gasteiger partial charge >= 0.3 is 0 Å². The Kier molecular flexibility index (Phi) is 5.09. The van der Waals surface area contributed by atoms with Crippen LogP contribution in [0.15, 0.2) is 12.1 Å². The number of nitrogens with zero attached hydrogens (tertiary/aromatic N) is 6. The van der Waals surface area contributed by atoms with E-state index in [0.717, 1.165) is 43.2 Å². The molecule has 9 heteroatoms. The van der Waals surface area contributed by atoms with Gasteiger partial charge in [-0.1, -0.05) is 0 Å². The summed E-state index contributed by atoms with van der Waals surface area (Å²) in [4.78, 5) is 16.9. The smallest absolute Gasteiger partial charge is 0.223 e. The van der Waals surface area contributed by atoms with Crippen LogP contribution in [0.4, 0.5) is 5.82 Å². The van der Waals surface area contributed by atoms with Crippen molar-refractivity contribution in [2.45, 2.75) is 50.7 Å². The topological polar surface area (TPSA) is 85.1 Å². The van der Waals surface area contributed by atoms with Gasteiger partial charge in [0, 0.05) is 51.9 Å². The van der Waals surface area contributed by atoms with Crippen molar-refractivity contribution in [1.82, 2.24) is 24.7 Å². The van der Waals surface area contributed by atoms with Crippen LogP contribution >= 0.6 is 0 Å². The molecule has 29 heavy (non-hydrogen) atoms. The second kappa shape index (κ2) is 7.87. The van der Waals surface area contributed by atoms with Gasteiger partial charge in [0.1, 0.15) is 5.82 Å². The Morgan fingerprint density at radius 2 is 1.76 bits per heavy atom. The quantitative estimate of drug-likeness (QED) is 0.767. The highest BCUT2D eigenvalue weighted by molar-refractivity contribution is 5.76. The van der Waals surface area contributed by atoms with Crippen molar-refractivity contribution in [3.05, 3.63) is 18.0 Å². The average molecular weight is 400 g/mol. The van der Waals surface area contributed by atoms with Gasteiger partial charge in [0.05, 0.1) is 13.2 Å². The van der Waals surface area contributed by atoms with E-state index in [1.165, 1.54) is 19.3 Å². The second-order valence-corrected chi connectivity index (χ2v) is 8.11. The van der Waals surface area contributed by atoms with Crippen LogP contribution in [0.5, 0.6) is 0 Å². The first-order valence-electron chi connectivity index (χ1n) is 10.7. The third-order valence-corrected chi connectivity index (χ3v) is 6.25. The summed E-state index contributed by atoms with van der Waals surface area (Å²) in [6.45, 7) is 4.74. The Morgan fingerprint density at radius 1 is 1.00 bits per heavy atom. The van der Waals surface area contributed by atoms with E-state index in [0.29, 0.717) is 39.1 Å². The summed E-state index contributed by atoms with van der Waals surface area (Å²) in [5.74, 6) is 1.39. The minimum atomic E-state index is -0.450. The number of hydrogen-bond acceptors (Lipinski definition) is 7. The van der Waals surface area contributed by atoms with Crippen LogP contribution in [-0.4, -0.2) is 75.8 Å². The normalized spacial score (nSPS) is 21.9. The number of anilines is 1. The monoisotopic (exact) mass is 400 g/mol. The largest absolute Gasteiger partial charge is 0.355 e. The maximum absolute atomic E-state index is 12.7. The van der Waals surface area contributed by atoms with Crippen LogP contribution in [-0.2, 0) is 20.7 Å². The molecule has 3 aliphatic heterocycles.